The van der Waals surface area contributed by atoms with Gasteiger partial charge in [0.25, 0.3) is 16.0 Å². The SMILES string of the molecule is COC(=O)[C@@]12C=CC(=O)C[C@@]13c1ccoc1CCN3C(=O)[C@H]2OS(C)(=O)=O. The topological polar surface area (TPSA) is 120 Å². The summed E-state index contributed by atoms with van der Waals surface area (Å²) in [6, 6.07) is 1.60. The van der Waals surface area contributed by atoms with Crippen molar-refractivity contribution in [3.8, 4) is 0 Å². The van der Waals surface area contributed by atoms with E-state index in [0.29, 0.717) is 17.7 Å². The number of carbonyl (C=O) groups is 3. The number of ketones is 1. The standard InChI is InChI=1S/C17H17NO8S/c1-24-15(21)16-6-3-10(19)9-17(16)11-5-8-25-12(11)4-7-18(17)14(20)13(16)26-27(2,22)23/h3,5-6,8,13H,4,7,9H2,1-2H3/t13-,16+,17-/m1/s1. The van der Waals surface area contributed by atoms with Crippen molar-refractivity contribution >= 4 is 27.8 Å². The largest absolute Gasteiger partial charge is 0.469 e. The number of methoxy groups -OCH3 is 1. The molecule has 4 rings (SSSR count). The molecule has 10 heteroatoms. The number of esters is 1. The van der Waals surface area contributed by atoms with Crippen molar-refractivity contribution in [2.24, 2.45) is 5.41 Å². The molecule has 27 heavy (non-hydrogen) atoms. The molecule has 1 fully saturated rings. The number of hydrogen-bond donors (Lipinski definition) is 0. The number of rotatable bonds is 3. The molecule has 0 N–H and O–H groups in total. The summed E-state index contributed by atoms with van der Waals surface area (Å²) in [5.41, 5.74) is -2.81. The molecule has 0 saturated carbocycles. The van der Waals surface area contributed by atoms with E-state index in [4.69, 9.17) is 13.3 Å². The van der Waals surface area contributed by atoms with Crippen LogP contribution in [0.25, 0.3) is 0 Å². The molecule has 3 heterocycles. The summed E-state index contributed by atoms with van der Waals surface area (Å²) in [6.45, 7) is 0.156. The maximum absolute atomic E-state index is 13.2. The number of hydrogen-bond acceptors (Lipinski definition) is 8. The van der Waals surface area contributed by atoms with Gasteiger partial charge in [0.2, 0.25) is 0 Å². The Hall–Kier alpha value is -2.46. The van der Waals surface area contributed by atoms with Crippen molar-refractivity contribution in [3.63, 3.8) is 0 Å². The lowest BCUT2D eigenvalue weighted by Gasteiger charge is -2.49. The molecule has 1 aromatic heterocycles. The van der Waals surface area contributed by atoms with Crippen LogP contribution in [-0.2, 0) is 45.4 Å². The predicted octanol–water partition coefficient (Wildman–Crippen LogP) is -0.0936. The van der Waals surface area contributed by atoms with Crippen LogP contribution >= 0.6 is 0 Å². The van der Waals surface area contributed by atoms with Crippen LogP contribution in [0.4, 0.5) is 0 Å². The molecule has 0 bridgehead atoms. The fourth-order valence-corrected chi connectivity index (χ4v) is 5.24. The molecule has 1 spiro atoms. The summed E-state index contributed by atoms with van der Waals surface area (Å²) in [5.74, 6) is -1.31. The Morgan fingerprint density at radius 3 is 2.78 bits per heavy atom. The summed E-state index contributed by atoms with van der Waals surface area (Å²) in [4.78, 5) is 40.0. The van der Waals surface area contributed by atoms with Crippen LogP contribution in [0.5, 0.6) is 0 Å². The van der Waals surface area contributed by atoms with E-state index < -0.39 is 39.1 Å². The van der Waals surface area contributed by atoms with E-state index >= 15 is 0 Å². The first kappa shape index (κ1) is 17.9. The highest BCUT2D eigenvalue weighted by atomic mass is 32.2. The highest BCUT2D eigenvalue weighted by Crippen LogP contribution is 2.61. The maximum atomic E-state index is 13.2. The molecule has 1 saturated heterocycles. The third-order valence-electron chi connectivity index (χ3n) is 5.56. The van der Waals surface area contributed by atoms with Gasteiger partial charge in [-0.05, 0) is 12.1 Å². The predicted molar refractivity (Wildman–Crippen MR) is 88.7 cm³/mol. The molecule has 9 nitrogen and oxygen atoms in total. The number of carbonyl (C=O) groups excluding carboxylic acids is 3. The van der Waals surface area contributed by atoms with E-state index in [1.807, 2.05) is 0 Å². The van der Waals surface area contributed by atoms with E-state index in [1.165, 1.54) is 23.3 Å². The molecule has 0 radical (unpaired) electrons. The summed E-state index contributed by atoms with van der Waals surface area (Å²) in [5, 5.41) is 0. The van der Waals surface area contributed by atoms with Gasteiger partial charge in [-0.15, -0.1) is 0 Å². The molecule has 1 aliphatic carbocycles. The third-order valence-corrected chi connectivity index (χ3v) is 6.10. The number of fused-ring (bicyclic) bond motifs is 1. The smallest absolute Gasteiger partial charge is 0.321 e. The minimum Gasteiger partial charge on any atom is -0.469 e. The highest BCUT2D eigenvalue weighted by Gasteiger charge is 2.76. The quantitative estimate of drug-likeness (QED) is 0.514. The minimum atomic E-state index is -4.09. The van der Waals surface area contributed by atoms with Crippen LogP contribution in [0.3, 0.4) is 0 Å². The van der Waals surface area contributed by atoms with Crippen molar-refractivity contribution in [2.45, 2.75) is 24.5 Å². The zero-order chi connectivity index (χ0) is 19.6. The van der Waals surface area contributed by atoms with Gasteiger partial charge in [0, 0.05) is 24.9 Å². The third kappa shape index (κ3) is 2.13. The zero-order valence-corrected chi connectivity index (χ0v) is 15.4. The van der Waals surface area contributed by atoms with E-state index in [-0.39, 0.29) is 18.7 Å². The zero-order valence-electron chi connectivity index (χ0n) is 14.6. The van der Waals surface area contributed by atoms with Crippen LogP contribution in [0.15, 0.2) is 28.9 Å². The van der Waals surface area contributed by atoms with Crippen LogP contribution < -0.4 is 0 Å². The lowest BCUT2D eigenvalue weighted by molar-refractivity contribution is -0.161. The van der Waals surface area contributed by atoms with E-state index in [1.54, 1.807) is 6.07 Å². The average Bonchev–Trinajstić information content (AvgIpc) is 3.15. The first-order chi connectivity index (χ1) is 12.7. The van der Waals surface area contributed by atoms with Crippen molar-refractivity contribution in [2.75, 3.05) is 19.9 Å². The van der Waals surface area contributed by atoms with Crippen molar-refractivity contribution in [1.82, 2.24) is 4.90 Å². The first-order valence-corrected chi connectivity index (χ1v) is 10.1. The molecule has 0 aromatic carbocycles. The van der Waals surface area contributed by atoms with Crippen molar-refractivity contribution < 1.29 is 36.1 Å². The summed E-state index contributed by atoms with van der Waals surface area (Å²) in [6.07, 6.45) is 3.13. The van der Waals surface area contributed by atoms with Gasteiger partial charge in [-0.1, -0.05) is 6.08 Å². The van der Waals surface area contributed by atoms with E-state index in [2.05, 4.69) is 0 Å². The Kier molecular flexibility index (Phi) is 3.67. The number of ether oxygens (including phenoxy) is 1. The maximum Gasteiger partial charge on any atom is 0.321 e. The number of amides is 1. The Bertz CT molecular complexity index is 992. The highest BCUT2D eigenvalue weighted by molar-refractivity contribution is 7.86. The number of allylic oxidation sites excluding steroid dienone is 1. The molecule has 144 valence electrons. The normalized spacial score (nSPS) is 32.1. The second kappa shape index (κ2) is 5.52. The summed E-state index contributed by atoms with van der Waals surface area (Å²) >= 11 is 0. The van der Waals surface area contributed by atoms with Gasteiger partial charge in [0.05, 0.1) is 19.6 Å². The van der Waals surface area contributed by atoms with Gasteiger partial charge in [-0.3, -0.25) is 18.6 Å². The van der Waals surface area contributed by atoms with Crippen molar-refractivity contribution in [1.29, 1.82) is 0 Å². The van der Waals surface area contributed by atoms with Gasteiger partial charge in [0.15, 0.2) is 17.3 Å². The Labute approximate surface area is 155 Å². The van der Waals surface area contributed by atoms with Crippen molar-refractivity contribution in [3.05, 3.63) is 35.8 Å². The molecule has 3 atom stereocenters. The minimum absolute atomic E-state index is 0.156. The molecule has 2 aliphatic heterocycles. The fourth-order valence-electron chi connectivity index (χ4n) is 4.65. The van der Waals surface area contributed by atoms with Crippen LogP contribution in [0.2, 0.25) is 0 Å². The fraction of sp³-hybridized carbons (Fsp3) is 0.471. The Morgan fingerprint density at radius 2 is 2.11 bits per heavy atom. The summed E-state index contributed by atoms with van der Waals surface area (Å²) < 4.78 is 39.3. The molecule has 1 amide bonds. The Morgan fingerprint density at radius 1 is 1.37 bits per heavy atom. The van der Waals surface area contributed by atoms with Gasteiger partial charge in [0.1, 0.15) is 11.3 Å². The number of furan rings is 1. The van der Waals surface area contributed by atoms with Crippen LogP contribution in [-0.4, -0.2) is 57.0 Å². The molecule has 3 aliphatic rings. The van der Waals surface area contributed by atoms with Crippen LogP contribution in [0, 0.1) is 5.41 Å². The van der Waals surface area contributed by atoms with Gasteiger partial charge < -0.3 is 14.1 Å². The first-order valence-electron chi connectivity index (χ1n) is 8.24. The second-order valence-corrected chi connectivity index (χ2v) is 8.48. The molecule has 0 unspecified atom stereocenters. The molecular weight excluding hydrogens is 378 g/mol. The van der Waals surface area contributed by atoms with Gasteiger partial charge >= 0.3 is 5.97 Å². The van der Waals surface area contributed by atoms with E-state index in [9.17, 15) is 22.8 Å². The average molecular weight is 395 g/mol. The number of nitrogens with zero attached hydrogens (tertiary/aromatic N) is 1. The Balaban J connectivity index is 2.08. The lowest BCUT2D eigenvalue weighted by atomic mass is 9.59. The van der Waals surface area contributed by atoms with Gasteiger partial charge in [-0.2, -0.15) is 8.42 Å². The monoisotopic (exact) mass is 395 g/mol. The second-order valence-electron chi connectivity index (χ2n) is 6.88. The molecular formula is C17H17NO8S. The van der Waals surface area contributed by atoms with Gasteiger partial charge in [-0.25, -0.2) is 0 Å². The van der Waals surface area contributed by atoms with Crippen LogP contribution in [0.1, 0.15) is 17.7 Å². The lowest BCUT2D eigenvalue weighted by Crippen LogP contribution is -2.61. The molecule has 1 aromatic rings. The summed E-state index contributed by atoms with van der Waals surface area (Å²) in [7, 11) is -2.95. The van der Waals surface area contributed by atoms with E-state index in [0.717, 1.165) is 13.4 Å².